The van der Waals surface area contributed by atoms with Crippen LogP contribution < -0.4 is 4.90 Å². The molecule has 0 bridgehead atoms. The average molecular weight is 428 g/mol. The Hall–Kier alpha value is -3.38. The fourth-order valence-electron chi connectivity index (χ4n) is 4.71. The number of H-pyrrole nitrogens is 2. The zero-order valence-corrected chi connectivity index (χ0v) is 19.1. The molecule has 0 saturated carbocycles. The van der Waals surface area contributed by atoms with E-state index < -0.39 is 0 Å². The standard InChI is InChI=1S/C26H29N5O/c1-16-6-5-7-19(14-16)24-23(18(3)32)17(2)27-25(24)26-28-21-9-8-20(15-22(21)29-26)31-12-10-30(4)11-13-31/h5-9,14-15,27H,10-13H2,1-4H3,(H,28,29). The maximum Gasteiger partial charge on any atom is 0.162 e. The van der Waals surface area contributed by atoms with E-state index in [4.69, 9.17) is 4.98 Å². The molecule has 32 heavy (non-hydrogen) atoms. The van der Waals surface area contributed by atoms with Gasteiger partial charge in [-0.05, 0) is 51.6 Å². The van der Waals surface area contributed by atoms with Gasteiger partial charge in [-0.15, -0.1) is 0 Å². The van der Waals surface area contributed by atoms with Gasteiger partial charge in [-0.1, -0.05) is 29.8 Å². The molecule has 1 saturated heterocycles. The molecule has 0 spiro atoms. The molecule has 3 heterocycles. The van der Waals surface area contributed by atoms with Gasteiger partial charge in [-0.2, -0.15) is 0 Å². The van der Waals surface area contributed by atoms with Crippen LogP contribution in [-0.2, 0) is 0 Å². The number of ketones is 1. The number of carbonyl (C=O) groups is 1. The minimum Gasteiger partial charge on any atom is -0.369 e. The van der Waals surface area contributed by atoms with Gasteiger partial charge in [0.05, 0.1) is 16.7 Å². The molecule has 1 fully saturated rings. The van der Waals surface area contributed by atoms with Crippen LogP contribution >= 0.6 is 0 Å². The number of rotatable bonds is 4. The molecule has 4 aromatic rings. The molecule has 0 amide bonds. The molecular formula is C26H29N5O. The topological polar surface area (TPSA) is 68.0 Å². The molecule has 5 rings (SSSR count). The Kier molecular flexibility index (Phi) is 5.10. The van der Waals surface area contributed by atoms with Crippen LogP contribution in [0, 0.1) is 13.8 Å². The fourth-order valence-corrected chi connectivity index (χ4v) is 4.71. The normalized spacial score (nSPS) is 14.9. The third kappa shape index (κ3) is 3.60. The predicted octanol–water partition coefficient (Wildman–Crippen LogP) is 4.80. The van der Waals surface area contributed by atoms with E-state index in [0.717, 1.165) is 76.7 Å². The Bertz CT molecular complexity index is 1310. The number of aromatic amines is 2. The number of aryl methyl sites for hydroxylation is 2. The first-order valence-corrected chi connectivity index (χ1v) is 11.1. The van der Waals surface area contributed by atoms with Crippen LogP contribution in [0.15, 0.2) is 42.5 Å². The second-order valence-electron chi connectivity index (χ2n) is 8.88. The van der Waals surface area contributed by atoms with E-state index in [1.807, 2.05) is 13.0 Å². The van der Waals surface area contributed by atoms with Crippen LogP contribution in [0.1, 0.15) is 28.5 Å². The summed E-state index contributed by atoms with van der Waals surface area (Å²) in [6.07, 6.45) is 0. The van der Waals surface area contributed by atoms with Crippen molar-refractivity contribution in [1.82, 2.24) is 19.9 Å². The molecule has 164 valence electrons. The van der Waals surface area contributed by atoms with Crippen molar-refractivity contribution in [2.24, 2.45) is 0 Å². The second kappa shape index (κ2) is 7.95. The van der Waals surface area contributed by atoms with Gasteiger partial charge < -0.3 is 19.8 Å². The molecule has 1 aliphatic heterocycles. The predicted molar refractivity (Wildman–Crippen MR) is 131 cm³/mol. The lowest BCUT2D eigenvalue weighted by molar-refractivity contribution is 0.101. The van der Waals surface area contributed by atoms with E-state index >= 15 is 0 Å². The zero-order valence-electron chi connectivity index (χ0n) is 19.1. The summed E-state index contributed by atoms with van der Waals surface area (Å²) in [4.78, 5) is 29.2. The maximum atomic E-state index is 12.5. The van der Waals surface area contributed by atoms with Gasteiger partial charge in [-0.25, -0.2) is 4.98 Å². The van der Waals surface area contributed by atoms with Crippen LogP contribution in [0.25, 0.3) is 33.7 Å². The smallest absolute Gasteiger partial charge is 0.162 e. The summed E-state index contributed by atoms with van der Waals surface area (Å²) < 4.78 is 0. The number of likely N-dealkylation sites (N-methyl/N-ethyl adjacent to an activating group) is 1. The largest absolute Gasteiger partial charge is 0.369 e. The number of Topliss-reactive ketones (excluding diaryl/α,β-unsaturated/α-hetero) is 1. The number of nitrogens with zero attached hydrogens (tertiary/aromatic N) is 3. The van der Waals surface area contributed by atoms with Crippen LogP contribution in [0.5, 0.6) is 0 Å². The summed E-state index contributed by atoms with van der Waals surface area (Å²) in [7, 11) is 2.17. The highest BCUT2D eigenvalue weighted by molar-refractivity contribution is 6.05. The number of aromatic nitrogens is 3. The molecule has 0 atom stereocenters. The summed E-state index contributed by atoms with van der Waals surface area (Å²) in [5.74, 6) is 0.803. The number of piperazine rings is 1. The van der Waals surface area contributed by atoms with Gasteiger partial charge in [0, 0.05) is 48.7 Å². The number of anilines is 1. The molecule has 2 N–H and O–H groups in total. The first-order chi connectivity index (χ1) is 15.4. The van der Waals surface area contributed by atoms with Crippen LogP contribution in [0.3, 0.4) is 0 Å². The lowest BCUT2D eigenvalue weighted by atomic mass is 9.96. The van der Waals surface area contributed by atoms with E-state index in [9.17, 15) is 4.79 Å². The molecule has 6 nitrogen and oxygen atoms in total. The number of carbonyl (C=O) groups excluding carboxylic acids is 1. The third-order valence-electron chi connectivity index (χ3n) is 6.42. The molecule has 0 aliphatic carbocycles. The van der Waals surface area contributed by atoms with Crippen LogP contribution in [-0.4, -0.2) is 58.9 Å². The fraction of sp³-hybridized carbons (Fsp3) is 0.308. The average Bonchev–Trinajstić information content (AvgIpc) is 3.34. The Morgan fingerprint density at radius 3 is 2.50 bits per heavy atom. The minimum absolute atomic E-state index is 0.0509. The Labute approximate surface area is 188 Å². The zero-order chi connectivity index (χ0) is 22.4. The lowest BCUT2D eigenvalue weighted by Crippen LogP contribution is -2.44. The van der Waals surface area contributed by atoms with Gasteiger partial charge in [0.1, 0.15) is 0 Å². The third-order valence-corrected chi connectivity index (χ3v) is 6.42. The SMILES string of the molecule is CC(=O)c1c(C)[nH]c(-c2nc3ccc(N4CCN(C)CC4)cc3[nH]2)c1-c1cccc(C)c1. The van der Waals surface area contributed by atoms with E-state index in [1.165, 1.54) is 5.69 Å². The summed E-state index contributed by atoms with van der Waals surface area (Å²) in [5.41, 5.74) is 8.68. The number of hydrogen-bond donors (Lipinski definition) is 2. The summed E-state index contributed by atoms with van der Waals surface area (Å²) in [6, 6.07) is 14.7. The Morgan fingerprint density at radius 2 is 1.78 bits per heavy atom. The highest BCUT2D eigenvalue weighted by atomic mass is 16.1. The summed E-state index contributed by atoms with van der Waals surface area (Å²) >= 11 is 0. The van der Waals surface area contributed by atoms with Gasteiger partial charge in [-0.3, -0.25) is 4.79 Å². The Balaban J connectivity index is 1.61. The number of nitrogens with one attached hydrogen (secondary N) is 2. The molecule has 6 heteroatoms. The summed E-state index contributed by atoms with van der Waals surface area (Å²) in [6.45, 7) is 9.84. The van der Waals surface area contributed by atoms with Gasteiger partial charge in [0.2, 0.25) is 0 Å². The number of imidazole rings is 1. The second-order valence-corrected chi connectivity index (χ2v) is 8.88. The highest BCUT2D eigenvalue weighted by Gasteiger charge is 2.23. The van der Waals surface area contributed by atoms with Crippen molar-refractivity contribution in [2.75, 3.05) is 38.1 Å². The highest BCUT2D eigenvalue weighted by Crippen LogP contribution is 2.37. The number of fused-ring (bicyclic) bond motifs is 1. The van der Waals surface area contributed by atoms with Crippen LogP contribution in [0.4, 0.5) is 5.69 Å². The monoisotopic (exact) mass is 427 g/mol. The summed E-state index contributed by atoms with van der Waals surface area (Å²) in [5, 5.41) is 0. The van der Waals surface area contributed by atoms with Crippen molar-refractivity contribution >= 4 is 22.5 Å². The molecule has 0 unspecified atom stereocenters. The first kappa shape index (κ1) is 20.5. The van der Waals surface area contributed by atoms with Crippen LogP contribution in [0.2, 0.25) is 0 Å². The van der Waals surface area contributed by atoms with Crippen molar-refractivity contribution < 1.29 is 4.79 Å². The molecule has 2 aromatic carbocycles. The molecule has 2 aromatic heterocycles. The lowest BCUT2D eigenvalue weighted by Gasteiger charge is -2.34. The van der Waals surface area contributed by atoms with Crippen molar-refractivity contribution in [1.29, 1.82) is 0 Å². The number of benzene rings is 2. The first-order valence-electron chi connectivity index (χ1n) is 11.1. The van der Waals surface area contributed by atoms with Crippen molar-refractivity contribution in [3.8, 4) is 22.6 Å². The van der Waals surface area contributed by atoms with Gasteiger partial charge >= 0.3 is 0 Å². The minimum atomic E-state index is 0.0509. The van der Waals surface area contributed by atoms with E-state index in [0.29, 0.717) is 0 Å². The van der Waals surface area contributed by atoms with E-state index in [1.54, 1.807) is 6.92 Å². The quantitative estimate of drug-likeness (QED) is 0.459. The molecule has 0 radical (unpaired) electrons. The van der Waals surface area contributed by atoms with Crippen molar-refractivity contribution in [2.45, 2.75) is 20.8 Å². The van der Waals surface area contributed by atoms with Gasteiger partial charge in [0.25, 0.3) is 0 Å². The van der Waals surface area contributed by atoms with Crippen molar-refractivity contribution in [3.63, 3.8) is 0 Å². The van der Waals surface area contributed by atoms with E-state index in [-0.39, 0.29) is 5.78 Å². The molecule has 1 aliphatic rings. The van der Waals surface area contributed by atoms with Crippen molar-refractivity contribution in [3.05, 3.63) is 59.3 Å². The van der Waals surface area contributed by atoms with E-state index in [2.05, 4.69) is 70.1 Å². The maximum absolute atomic E-state index is 12.5. The molecular weight excluding hydrogens is 398 g/mol. The van der Waals surface area contributed by atoms with Gasteiger partial charge in [0.15, 0.2) is 11.6 Å². The Morgan fingerprint density at radius 1 is 1.00 bits per heavy atom. The number of hydrogen-bond acceptors (Lipinski definition) is 4.